The van der Waals surface area contributed by atoms with Crippen molar-refractivity contribution in [3.05, 3.63) is 53.7 Å². The highest BCUT2D eigenvalue weighted by atomic mass is 32.2. The lowest BCUT2D eigenvalue weighted by molar-refractivity contribution is 0.477. The zero-order valence-electron chi connectivity index (χ0n) is 16.3. The third kappa shape index (κ3) is 2.82. The molecule has 5 rings (SSSR count). The number of rotatable bonds is 3. The van der Waals surface area contributed by atoms with E-state index in [1.807, 2.05) is 44.2 Å². The molecule has 0 aliphatic carbocycles. The number of hydrogen-bond donors (Lipinski definition) is 0. The molecule has 0 N–H and O–H groups in total. The predicted molar refractivity (Wildman–Crippen MR) is 111 cm³/mol. The zero-order valence-corrected chi connectivity index (χ0v) is 17.1. The minimum Gasteiger partial charge on any atom is -0.207 e. The molecule has 1 saturated heterocycles. The summed E-state index contributed by atoms with van der Waals surface area (Å²) in [6.07, 6.45) is 1.81. The fraction of sp³-hybridized carbons (Fsp3) is 0.286. The van der Waals surface area contributed by atoms with E-state index in [0.29, 0.717) is 24.6 Å². The van der Waals surface area contributed by atoms with E-state index in [9.17, 15) is 8.42 Å². The van der Waals surface area contributed by atoms with Gasteiger partial charge in [0, 0.05) is 29.4 Å². The van der Waals surface area contributed by atoms with Crippen LogP contribution in [-0.4, -0.2) is 45.6 Å². The zero-order chi connectivity index (χ0) is 20.2. The third-order valence-electron chi connectivity index (χ3n) is 5.60. The van der Waals surface area contributed by atoms with Crippen LogP contribution in [0.4, 0.5) is 0 Å². The summed E-state index contributed by atoms with van der Waals surface area (Å²) < 4.78 is 29.3. The van der Waals surface area contributed by atoms with Gasteiger partial charge in [-0.15, -0.1) is 10.2 Å². The summed E-state index contributed by atoms with van der Waals surface area (Å²) >= 11 is 0. The van der Waals surface area contributed by atoms with E-state index < -0.39 is 10.0 Å². The normalized spacial score (nSPS) is 15.5. The first kappa shape index (κ1) is 18.2. The quantitative estimate of drug-likeness (QED) is 0.520. The number of aryl methyl sites for hydroxylation is 2. The van der Waals surface area contributed by atoms with Crippen LogP contribution in [-0.2, 0) is 10.0 Å². The van der Waals surface area contributed by atoms with Gasteiger partial charge in [0.1, 0.15) is 0 Å². The van der Waals surface area contributed by atoms with Gasteiger partial charge >= 0.3 is 0 Å². The van der Waals surface area contributed by atoms with E-state index in [2.05, 4.69) is 15.3 Å². The lowest BCUT2D eigenvalue weighted by atomic mass is 10.1. The molecule has 0 atom stereocenters. The van der Waals surface area contributed by atoms with Crippen LogP contribution in [0.25, 0.3) is 27.8 Å². The Kier molecular flexibility index (Phi) is 4.15. The summed E-state index contributed by atoms with van der Waals surface area (Å²) in [7, 11) is -3.51. The lowest BCUT2D eigenvalue weighted by Gasteiger charge is -2.16. The minimum absolute atomic E-state index is 0.286. The van der Waals surface area contributed by atoms with Gasteiger partial charge in [-0.05, 0) is 44.4 Å². The maximum atomic E-state index is 13.0. The van der Waals surface area contributed by atoms with Crippen LogP contribution in [0.1, 0.15) is 24.1 Å². The molecular formula is C21H21N5O2S. The van der Waals surface area contributed by atoms with Gasteiger partial charge in [-0.25, -0.2) is 8.42 Å². The van der Waals surface area contributed by atoms with Crippen LogP contribution < -0.4 is 0 Å². The molecule has 0 unspecified atom stereocenters. The van der Waals surface area contributed by atoms with Crippen molar-refractivity contribution < 1.29 is 8.42 Å². The Labute approximate surface area is 169 Å². The molecule has 1 aliphatic rings. The van der Waals surface area contributed by atoms with E-state index >= 15 is 0 Å². The number of hydrogen-bond acceptors (Lipinski definition) is 5. The van der Waals surface area contributed by atoms with Crippen LogP contribution in [0.5, 0.6) is 0 Å². The maximum absolute atomic E-state index is 13.0. The molecule has 148 valence electrons. The van der Waals surface area contributed by atoms with Crippen LogP contribution in [0.3, 0.4) is 0 Å². The average molecular weight is 407 g/mol. The summed E-state index contributed by atoms with van der Waals surface area (Å²) in [5.74, 6) is 0.546. The molecule has 0 saturated carbocycles. The fourth-order valence-electron chi connectivity index (χ4n) is 3.99. The Balaban J connectivity index is 1.71. The van der Waals surface area contributed by atoms with E-state index in [1.54, 1.807) is 21.0 Å². The van der Waals surface area contributed by atoms with Crippen LogP contribution in [0.2, 0.25) is 0 Å². The topological polar surface area (TPSA) is 80.5 Å². The van der Waals surface area contributed by atoms with Gasteiger partial charge in [0.15, 0.2) is 11.5 Å². The molecule has 1 fully saturated rings. The van der Waals surface area contributed by atoms with Gasteiger partial charge in [-0.2, -0.15) is 13.9 Å². The second kappa shape index (κ2) is 6.60. The summed E-state index contributed by atoms with van der Waals surface area (Å²) in [6.45, 7) is 5.04. The highest BCUT2D eigenvalue weighted by Gasteiger charge is 2.28. The smallest absolute Gasteiger partial charge is 0.207 e. The molecule has 2 aromatic heterocycles. The van der Waals surface area contributed by atoms with Crippen molar-refractivity contribution in [2.24, 2.45) is 0 Å². The van der Waals surface area contributed by atoms with E-state index in [1.165, 1.54) is 0 Å². The predicted octanol–water partition coefficient (Wildman–Crippen LogP) is 3.35. The molecule has 3 heterocycles. The summed E-state index contributed by atoms with van der Waals surface area (Å²) in [6, 6.07) is 13.1. The second-order valence-electron chi connectivity index (χ2n) is 7.48. The van der Waals surface area contributed by atoms with Crippen molar-refractivity contribution in [2.45, 2.75) is 31.6 Å². The molecule has 29 heavy (non-hydrogen) atoms. The summed E-state index contributed by atoms with van der Waals surface area (Å²) in [5, 5.41) is 15.4. The molecular weight excluding hydrogens is 386 g/mol. The highest BCUT2D eigenvalue weighted by Crippen LogP contribution is 2.30. The molecule has 1 aliphatic heterocycles. The minimum atomic E-state index is -3.51. The Bertz CT molecular complexity index is 1350. The Morgan fingerprint density at radius 3 is 2.41 bits per heavy atom. The Morgan fingerprint density at radius 1 is 0.931 bits per heavy atom. The monoisotopic (exact) mass is 407 g/mol. The van der Waals surface area contributed by atoms with Crippen molar-refractivity contribution in [1.82, 2.24) is 24.1 Å². The third-order valence-corrected chi connectivity index (χ3v) is 7.50. The van der Waals surface area contributed by atoms with Crippen LogP contribution in [0.15, 0.2) is 47.4 Å². The molecule has 8 heteroatoms. The standard InChI is InChI=1S/C21H21N5O2S/c1-14-9-10-16(29(27,28)25-11-5-6-12-25)13-19(14)21-23-22-20-18-8-4-3-7-17(18)15(2)24-26(20)21/h3-4,7-10,13H,5-6,11-12H2,1-2H3. The molecule has 0 bridgehead atoms. The first-order chi connectivity index (χ1) is 14.0. The van der Waals surface area contributed by atoms with Crippen molar-refractivity contribution in [1.29, 1.82) is 0 Å². The Morgan fingerprint density at radius 2 is 1.66 bits per heavy atom. The van der Waals surface area contributed by atoms with Gasteiger partial charge in [0.2, 0.25) is 10.0 Å². The van der Waals surface area contributed by atoms with Gasteiger partial charge < -0.3 is 0 Å². The number of nitrogens with zero attached hydrogens (tertiary/aromatic N) is 5. The number of sulfonamides is 1. The summed E-state index contributed by atoms with van der Waals surface area (Å²) in [4.78, 5) is 0.286. The van der Waals surface area contributed by atoms with Crippen molar-refractivity contribution in [3.8, 4) is 11.4 Å². The number of benzene rings is 2. The van der Waals surface area contributed by atoms with Crippen LogP contribution in [0, 0.1) is 13.8 Å². The number of fused-ring (bicyclic) bond motifs is 3. The average Bonchev–Trinajstić information content (AvgIpc) is 3.39. The van der Waals surface area contributed by atoms with Gasteiger partial charge in [-0.1, -0.05) is 30.3 Å². The van der Waals surface area contributed by atoms with Gasteiger partial charge in [0.25, 0.3) is 0 Å². The first-order valence-corrected chi connectivity index (χ1v) is 11.1. The molecule has 0 spiro atoms. The Hall–Kier alpha value is -2.84. The first-order valence-electron chi connectivity index (χ1n) is 9.69. The highest BCUT2D eigenvalue weighted by molar-refractivity contribution is 7.89. The van der Waals surface area contributed by atoms with Gasteiger partial charge in [0.05, 0.1) is 10.6 Å². The van der Waals surface area contributed by atoms with Crippen molar-refractivity contribution in [3.63, 3.8) is 0 Å². The molecule has 0 radical (unpaired) electrons. The molecule has 7 nitrogen and oxygen atoms in total. The molecule has 4 aromatic rings. The van der Waals surface area contributed by atoms with E-state index in [4.69, 9.17) is 0 Å². The fourth-order valence-corrected chi connectivity index (χ4v) is 5.53. The van der Waals surface area contributed by atoms with E-state index in [-0.39, 0.29) is 4.90 Å². The number of aromatic nitrogens is 4. The van der Waals surface area contributed by atoms with Gasteiger partial charge in [-0.3, -0.25) is 0 Å². The summed E-state index contributed by atoms with van der Waals surface area (Å²) in [5.41, 5.74) is 3.17. The lowest BCUT2D eigenvalue weighted by Crippen LogP contribution is -2.27. The van der Waals surface area contributed by atoms with Crippen molar-refractivity contribution >= 4 is 26.4 Å². The SMILES string of the molecule is Cc1ccc(S(=O)(=O)N2CCCC2)cc1-c1nnc2c3ccccc3c(C)nn12. The molecule has 0 amide bonds. The molecule has 2 aromatic carbocycles. The van der Waals surface area contributed by atoms with E-state index in [0.717, 1.165) is 40.4 Å². The maximum Gasteiger partial charge on any atom is 0.243 e. The second-order valence-corrected chi connectivity index (χ2v) is 9.42. The largest absolute Gasteiger partial charge is 0.243 e. The van der Waals surface area contributed by atoms with Crippen LogP contribution >= 0.6 is 0 Å². The van der Waals surface area contributed by atoms with Crippen molar-refractivity contribution in [2.75, 3.05) is 13.1 Å².